The molecule has 0 atom stereocenters. The Morgan fingerprint density at radius 1 is 0.826 bits per heavy atom. The number of fused-ring (bicyclic) bond motifs is 1. The Hall–Kier alpha value is -2.40. The topological polar surface area (TPSA) is 70.5 Å². The van der Waals surface area contributed by atoms with Crippen molar-refractivity contribution >= 4 is 38.8 Å². The summed E-state index contributed by atoms with van der Waals surface area (Å²) in [6, 6.07) is 21.4. The molecule has 6 heteroatoms. The highest BCUT2D eigenvalue weighted by Crippen LogP contribution is 2.24. The molecule has 0 N–H and O–H groups in total. The number of rotatable bonds is 2. The van der Waals surface area contributed by atoms with E-state index >= 15 is 0 Å². The largest absolute Gasteiger partial charge is 0.361 e. The molecule has 0 aliphatic rings. The highest BCUT2D eigenvalue weighted by molar-refractivity contribution is 7.94. The van der Waals surface area contributed by atoms with Crippen molar-refractivity contribution < 1.29 is 13.2 Å². The van der Waals surface area contributed by atoms with Gasteiger partial charge in [0.05, 0.1) is 9.79 Å². The molecule has 23 heavy (non-hydrogen) atoms. The minimum atomic E-state index is -3.43. The molecular weight excluding hydrogens is 328 g/mol. The minimum Gasteiger partial charge on any atom is -0.361 e. The second-order valence-electron chi connectivity index (χ2n) is 4.56. The average molecular weight is 342 g/mol. The van der Waals surface area contributed by atoms with Crippen LogP contribution in [0.15, 0.2) is 82.6 Å². The summed E-state index contributed by atoms with van der Waals surface area (Å²) < 4.78 is 25.0. The standard InChI is InChI=1S/C16H12O2S.CH2N2S/c17-19(18,15-8-2-1-3-9-15)16-11-10-13-6-4-5-7-14(13)12-16;2-3-1-4/h1-12H;1,4H. The van der Waals surface area contributed by atoms with Crippen molar-refractivity contribution in [1.82, 2.24) is 0 Å². The lowest BCUT2D eigenvalue weighted by atomic mass is 10.1. The second kappa shape index (κ2) is 7.74. The number of hydrogen-bond donors (Lipinski definition) is 1. The van der Waals surface area contributed by atoms with Crippen molar-refractivity contribution in [3.63, 3.8) is 0 Å². The lowest BCUT2D eigenvalue weighted by Gasteiger charge is -2.05. The fourth-order valence-corrected chi connectivity index (χ4v) is 3.39. The Morgan fingerprint density at radius 2 is 1.39 bits per heavy atom. The molecule has 0 radical (unpaired) electrons. The van der Waals surface area contributed by atoms with Crippen LogP contribution in [0.4, 0.5) is 0 Å². The molecule has 3 aromatic carbocycles. The van der Waals surface area contributed by atoms with Crippen LogP contribution >= 0.6 is 12.6 Å². The van der Waals surface area contributed by atoms with Crippen LogP contribution in [-0.4, -0.2) is 18.8 Å². The highest BCUT2D eigenvalue weighted by atomic mass is 32.2. The molecule has 0 heterocycles. The Morgan fingerprint density at radius 3 is 2.00 bits per heavy atom. The van der Waals surface area contributed by atoms with E-state index in [-0.39, 0.29) is 0 Å². The van der Waals surface area contributed by atoms with E-state index in [1.54, 1.807) is 42.5 Å². The molecule has 0 spiro atoms. The predicted octanol–water partition coefficient (Wildman–Crippen LogP) is 3.85. The quantitative estimate of drug-likeness (QED) is 0.253. The monoisotopic (exact) mass is 342 g/mol. The molecule has 0 bridgehead atoms. The van der Waals surface area contributed by atoms with E-state index in [2.05, 4.69) is 17.4 Å². The minimum absolute atomic E-state index is 0.324. The summed E-state index contributed by atoms with van der Waals surface area (Å²) in [5.41, 5.74) is 8.37. The molecule has 0 saturated carbocycles. The zero-order valence-corrected chi connectivity index (χ0v) is 13.8. The summed E-state index contributed by atoms with van der Waals surface area (Å²) in [5, 5.41) is 1.97. The van der Waals surface area contributed by atoms with Crippen LogP contribution in [0.2, 0.25) is 0 Å². The summed E-state index contributed by atoms with van der Waals surface area (Å²) in [7, 11) is -3.43. The molecule has 4 nitrogen and oxygen atoms in total. The van der Waals surface area contributed by atoms with Crippen molar-refractivity contribution in [3.05, 3.63) is 78.3 Å². The summed E-state index contributed by atoms with van der Waals surface area (Å²) in [4.78, 5) is 3.13. The van der Waals surface area contributed by atoms with Gasteiger partial charge in [-0.1, -0.05) is 61.2 Å². The van der Waals surface area contributed by atoms with Gasteiger partial charge in [-0.05, 0) is 35.0 Å². The molecule has 0 aromatic heterocycles. The first-order valence-electron chi connectivity index (χ1n) is 6.68. The van der Waals surface area contributed by atoms with Crippen LogP contribution in [-0.2, 0) is 9.84 Å². The van der Waals surface area contributed by atoms with Crippen LogP contribution in [0.5, 0.6) is 0 Å². The maximum atomic E-state index is 12.5. The summed E-state index contributed by atoms with van der Waals surface area (Å²) in [5.74, 6) is 0. The average Bonchev–Trinajstić information content (AvgIpc) is 2.62. The molecule has 0 aliphatic carbocycles. The number of thiol groups is 1. The van der Waals surface area contributed by atoms with E-state index in [4.69, 9.17) is 5.53 Å². The van der Waals surface area contributed by atoms with Crippen molar-refractivity contribution in [2.24, 2.45) is 0 Å². The van der Waals surface area contributed by atoms with Crippen molar-refractivity contribution in [2.75, 3.05) is 0 Å². The summed E-state index contributed by atoms with van der Waals surface area (Å²) >= 11 is 3.38. The normalized spacial score (nSPS) is 10.3. The van der Waals surface area contributed by atoms with Crippen molar-refractivity contribution in [2.45, 2.75) is 9.79 Å². The third kappa shape index (κ3) is 4.07. The Balaban J connectivity index is 0.000000433. The third-order valence-electron chi connectivity index (χ3n) is 3.14. The Bertz CT molecular complexity index is 949. The fourth-order valence-electron chi connectivity index (χ4n) is 2.07. The maximum Gasteiger partial charge on any atom is 0.311 e. The van der Waals surface area contributed by atoms with Crippen LogP contribution in [0.1, 0.15) is 0 Å². The SMILES string of the molecule is O=S(=O)(c1ccccc1)c1ccc2ccccc2c1.[N-]=[N+]=CS. The van der Waals surface area contributed by atoms with E-state index in [9.17, 15) is 8.42 Å². The highest BCUT2D eigenvalue weighted by Gasteiger charge is 2.17. The van der Waals surface area contributed by atoms with Crippen LogP contribution in [0.3, 0.4) is 0 Å². The van der Waals surface area contributed by atoms with E-state index < -0.39 is 9.84 Å². The molecule has 3 aromatic rings. The summed E-state index contributed by atoms with van der Waals surface area (Å²) in [6.45, 7) is 0. The molecule has 0 fully saturated rings. The fraction of sp³-hybridized carbons (Fsp3) is 0. The van der Waals surface area contributed by atoms with Gasteiger partial charge < -0.3 is 5.53 Å². The lowest BCUT2D eigenvalue weighted by Crippen LogP contribution is -2.01. The van der Waals surface area contributed by atoms with Gasteiger partial charge >= 0.3 is 5.55 Å². The van der Waals surface area contributed by atoms with Gasteiger partial charge in [0.15, 0.2) is 0 Å². The van der Waals surface area contributed by atoms with Gasteiger partial charge in [-0.25, -0.2) is 8.42 Å². The molecular formula is C17H14N2O2S2. The number of nitrogens with zero attached hydrogens (tertiary/aromatic N) is 2. The number of sulfone groups is 1. The zero-order chi connectivity index (χ0) is 16.7. The molecule has 0 amide bonds. The Labute approximate surface area is 140 Å². The van der Waals surface area contributed by atoms with Gasteiger partial charge in [-0.2, -0.15) is 4.79 Å². The number of benzene rings is 3. The summed E-state index contributed by atoms with van der Waals surface area (Å²) in [6.07, 6.45) is 0. The van der Waals surface area contributed by atoms with Gasteiger partial charge in [0.2, 0.25) is 9.84 Å². The van der Waals surface area contributed by atoms with E-state index in [0.717, 1.165) is 16.3 Å². The lowest BCUT2D eigenvalue weighted by molar-refractivity contribution is 0.00852. The zero-order valence-electron chi connectivity index (χ0n) is 12.1. The van der Waals surface area contributed by atoms with E-state index in [0.29, 0.717) is 9.79 Å². The third-order valence-corrected chi connectivity index (χ3v) is 5.01. The first-order valence-corrected chi connectivity index (χ1v) is 8.68. The van der Waals surface area contributed by atoms with Crippen LogP contribution in [0.25, 0.3) is 16.3 Å². The predicted molar refractivity (Wildman–Crippen MR) is 94.5 cm³/mol. The van der Waals surface area contributed by atoms with E-state index in [1.165, 1.54) is 0 Å². The molecule has 3 rings (SSSR count). The Kier molecular flexibility index (Phi) is 5.71. The van der Waals surface area contributed by atoms with Crippen molar-refractivity contribution in [1.29, 1.82) is 0 Å². The number of hydrogen-bond acceptors (Lipinski definition) is 2. The van der Waals surface area contributed by atoms with Gasteiger partial charge in [0, 0.05) is 0 Å². The van der Waals surface area contributed by atoms with Gasteiger partial charge in [0.25, 0.3) is 0 Å². The molecule has 116 valence electrons. The van der Waals surface area contributed by atoms with Crippen LogP contribution in [0, 0.1) is 0 Å². The van der Waals surface area contributed by atoms with Gasteiger partial charge in [-0.3, -0.25) is 0 Å². The maximum absolute atomic E-state index is 12.5. The molecule has 0 aliphatic heterocycles. The van der Waals surface area contributed by atoms with Gasteiger partial charge in [0.1, 0.15) is 0 Å². The molecule has 0 saturated heterocycles. The van der Waals surface area contributed by atoms with E-state index in [1.807, 2.05) is 30.3 Å². The first kappa shape index (κ1) is 17.0. The smallest absolute Gasteiger partial charge is 0.311 e. The molecule has 0 unspecified atom stereocenters. The second-order valence-corrected chi connectivity index (χ2v) is 6.74. The van der Waals surface area contributed by atoms with Gasteiger partial charge in [-0.15, -0.1) is 0 Å². The van der Waals surface area contributed by atoms with Crippen molar-refractivity contribution in [3.8, 4) is 0 Å². The van der Waals surface area contributed by atoms with Crippen LogP contribution < -0.4 is 0 Å². The first-order chi connectivity index (χ1) is 11.1.